The van der Waals surface area contributed by atoms with Gasteiger partial charge in [0.05, 0.1) is 5.69 Å². The molecule has 2 atom stereocenters. The van der Waals surface area contributed by atoms with E-state index in [1.807, 2.05) is 24.0 Å². The highest BCUT2D eigenvalue weighted by molar-refractivity contribution is 5.77. The van der Waals surface area contributed by atoms with Crippen LogP contribution in [0.4, 0.5) is 14.6 Å². The van der Waals surface area contributed by atoms with Crippen LogP contribution in [-0.2, 0) is 10.3 Å². The van der Waals surface area contributed by atoms with Crippen LogP contribution in [0.3, 0.4) is 0 Å². The Hall–Kier alpha value is -2.61. The first-order valence-corrected chi connectivity index (χ1v) is 11.0. The number of halogens is 2. The second-order valence-electron chi connectivity index (χ2n) is 9.01. The number of carbonyl (C=O) groups excluding carboxylic acids is 1. The molecule has 2 bridgehead atoms. The number of anilines is 1. The highest BCUT2D eigenvalue weighted by Crippen LogP contribution is 2.45. The molecule has 3 aliphatic rings. The molecule has 3 heterocycles. The maximum atomic E-state index is 13.6. The van der Waals surface area contributed by atoms with Gasteiger partial charge in [-0.15, -0.1) is 5.10 Å². The van der Waals surface area contributed by atoms with Crippen molar-refractivity contribution in [3.63, 3.8) is 0 Å². The summed E-state index contributed by atoms with van der Waals surface area (Å²) in [4.78, 5) is 17.2. The first-order valence-electron chi connectivity index (χ1n) is 11.0. The number of likely N-dealkylation sites (tertiary alicyclic amines) is 1. The van der Waals surface area contributed by atoms with Crippen molar-refractivity contribution in [1.29, 1.82) is 0 Å². The number of rotatable bonds is 6. The summed E-state index contributed by atoms with van der Waals surface area (Å²) >= 11 is 0. The summed E-state index contributed by atoms with van der Waals surface area (Å²) in [6.45, 7) is 3.86. The molecule has 3 fully saturated rings. The smallest absolute Gasteiger partial charge is 0.223 e. The van der Waals surface area contributed by atoms with E-state index in [0.29, 0.717) is 26.1 Å². The summed E-state index contributed by atoms with van der Waals surface area (Å²) in [6, 6.07) is 8.63. The van der Waals surface area contributed by atoms with Crippen molar-refractivity contribution in [1.82, 2.24) is 20.4 Å². The molecule has 6 nitrogen and oxygen atoms in total. The molecule has 2 aromatic rings. The molecule has 1 N–H and O–H groups in total. The van der Waals surface area contributed by atoms with Gasteiger partial charge in [0.1, 0.15) is 0 Å². The molecule has 164 valence electrons. The molecule has 1 saturated carbocycles. The summed E-state index contributed by atoms with van der Waals surface area (Å²) in [5.74, 6) is -0.623. The summed E-state index contributed by atoms with van der Waals surface area (Å²) in [5.41, 5.74) is 1.33. The van der Waals surface area contributed by atoms with E-state index in [-0.39, 0.29) is 23.5 Å². The number of fused-ring (bicyclic) bond motifs is 2. The summed E-state index contributed by atoms with van der Waals surface area (Å²) in [7, 11) is 0. The van der Waals surface area contributed by atoms with Crippen molar-refractivity contribution >= 4 is 11.7 Å². The molecule has 2 saturated heterocycles. The lowest BCUT2D eigenvalue weighted by molar-refractivity contribution is -0.132. The largest absolute Gasteiger partial charge is 0.346 e. The van der Waals surface area contributed by atoms with Crippen LogP contribution in [0.1, 0.15) is 43.4 Å². The van der Waals surface area contributed by atoms with Crippen LogP contribution in [0.25, 0.3) is 0 Å². The normalized spacial score (nSPS) is 23.8. The average Bonchev–Trinajstić information content (AvgIpc) is 3.50. The Morgan fingerprint density at radius 2 is 1.84 bits per heavy atom. The van der Waals surface area contributed by atoms with Crippen molar-refractivity contribution in [2.24, 2.45) is 0 Å². The number of aromatic nitrogens is 2. The minimum atomic E-state index is -0.833. The van der Waals surface area contributed by atoms with Gasteiger partial charge in [-0.3, -0.25) is 4.79 Å². The van der Waals surface area contributed by atoms with Gasteiger partial charge >= 0.3 is 0 Å². The second kappa shape index (κ2) is 7.82. The lowest BCUT2D eigenvalue weighted by Crippen LogP contribution is -2.56. The molecule has 0 spiro atoms. The van der Waals surface area contributed by atoms with Crippen LogP contribution in [0.2, 0.25) is 0 Å². The zero-order chi connectivity index (χ0) is 21.6. The number of hydrogen-bond acceptors (Lipinski definition) is 5. The van der Waals surface area contributed by atoms with E-state index >= 15 is 0 Å². The quantitative estimate of drug-likeness (QED) is 0.768. The predicted molar refractivity (Wildman–Crippen MR) is 113 cm³/mol. The van der Waals surface area contributed by atoms with Gasteiger partial charge in [0, 0.05) is 43.7 Å². The zero-order valence-electron chi connectivity index (χ0n) is 17.7. The fourth-order valence-electron chi connectivity index (χ4n) is 5.06. The zero-order valence-corrected chi connectivity index (χ0v) is 17.7. The Bertz CT molecular complexity index is 964. The topological polar surface area (TPSA) is 61.4 Å². The molecule has 1 amide bonds. The Morgan fingerprint density at radius 1 is 1.10 bits per heavy atom. The van der Waals surface area contributed by atoms with Crippen LogP contribution in [0.5, 0.6) is 0 Å². The number of piperazine rings is 1. The van der Waals surface area contributed by atoms with E-state index in [2.05, 4.69) is 20.4 Å². The number of hydrogen-bond donors (Lipinski definition) is 1. The average molecular weight is 427 g/mol. The Balaban J connectivity index is 1.16. The van der Waals surface area contributed by atoms with Crippen LogP contribution in [0, 0.1) is 18.6 Å². The van der Waals surface area contributed by atoms with Gasteiger partial charge in [-0.1, -0.05) is 6.07 Å². The van der Waals surface area contributed by atoms with Gasteiger partial charge in [-0.05, 0) is 62.4 Å². The van der Waals surface area contributed by atoms with E-state index in [4.69, 9.17) is 0 Å². The maximum Gasteiger partial charge on any atom is 0.223 e. The van der Waals surface area contributed by atoms with Gasteiger partial charge in [-0.25, -0.2) is 8.78 Å². The summed E-state index contributed by atoms with van der Waals surface area (Å²) in [5, 5.41) is 11.9. The fourth-order valence-corrected chi connectivity index (χ4v) is 5.06. The lowest BCUT2D eigenvalue weighted by atomic mass is 10.0. The summed E-state index contributed by atoms with van der Waals surface area (Å²) < 4.78 is 26.8. The van der Waals surface area contributed by atoms with Crippen molar-refractivity contribution in [2.75, 3.05) is 24.5 Å². The van der Waals surface area contributed by atoms with Gasteiger partial charge in [-0.2, -0.15) is 5.10 Å². The lowest BCUT2D eigenvalue weighted by Gasteiger charge is -2.41. The molecule has 8 heteroatoms. The maximum absolute atomic E-state index is 13.6. The first kappa shape index (κ1) is 20.3. The Kier molecular flexibility index (Phi) is 5.12. The highest BCUT2D eigenvalue weighted by atomic mass is 19.2. The Labute approximate surface area is 180 Å². The monoisotopic (exact) mass is 427 g/mol. The molecule has 2 unspecified atom stereocenters. The van der Waals surface area contributed by atoms with E-state index in [0.717, 1.165) is 42.8 Å². The number of benzene rings is 1. The predicted octanol–water partition coefficient (Wildman–Crippen LogP) is 2.91. The minimum Gasteiger partial charge on any atom is -0.346 e. The van der Waals surface area contributed by atoms with E-state index in [1.54, 1.807) is 6.07 Å². The van der Waals surface area contributed by atoms with Crippen LogP contribution in [-0.4, -0.2) is 52.7 Å². The highest BCUT2D eigenvalue weighted by Gasteiger charge is 2.45. The summed E-state index contributed by atoms with van der Waals surface area (Å²) in [6.07, 6.45) is 4.25. The third-order valence-corrected chi connectivity index (χ3v) is 6.91. The third kappa shape index (κ3) is 3.89. The van der Waals surface area contributed by atoms with E-state index in [1.165, 1.54) is 12.1 Å². The van der Waals surface area contributed by atoms with E-state index < -0.39 is 11.6 Å². The van der Waals surface area contributed by atoms with Crippen molar-refractivity contribution in [2.45, 2.75) is 56.7 Å². The first-order chi connectivity index (χ1) is 14.9. The van der Waals surface area contributed by atoms with Gasteiger partial charge in [0.15, 0.2) is 17.5 Å². The fraction of sp³-hybridized carbons (Fsp3) is 0.522. The number of nitrogens with one attached hydrogen (secondary N) is 1. The van der Waals surface area contributed by atoms with Gasteiger partial charge < -0.3 is 15.1 Å². The van der Waals surface area contributed by atoms with Gasteiger partial charge in [0.2, 0.25) is 5.91 Å². The molecule has 1 aliphatic carbocycles. The van der Waals surface area contributed by atoms with Crippen molar-refractivity contribution in [3.8, 4) is 0 Å². The van der Waals surface area contributed by atoms with Crippen LogP contribution in [0.15, 0.2) is 30.3 Å². The number of carbonyl (C=O) groups is 1. The molecule has 31 heavy (non-hydrogen) atoms. The molecular weight excluding hydrogens is 400 g/mol. The number of nitrogens with zero attached hydrogens (tertiary/aromatic N) is 4. The molecular formula is C23H27F2N5O. The molecule has 1 aromatic carbocycles. The third-order valence-electron chi connectivity index (χ3n) is 6.91. The molecule has 0 radical (unpaired) electrons. The molecule has 2 aliphatic heterocycles. The standard InChI is InChI=1S/C23H27F2N5O/c1-15-2-7-21(28-27-15)30-17-4-5-18(30)14-29(13-17)22(31)8-11-26-23(9-10-23)16-3-6-19(24)20(25)12-16/h2-3,6-7,12,17-18,26H,4-5,8-11,13-14H2,1H3. The Morgan fingerprint density at radius 3 is 2.45 bits per heavy atom. The second-order valence-corrected chi connectivity index (χ2v) is 9.01. The van der Waals surface area contributed by atoms with Gasteiger partial charge in [0.25, 0.3) is 0 Å². The van der Waals surface area contributed by atoms with E-state index in [9.17, 15) is 13.6 Å². The number of amides is 1. The van der Waals surface area contributed by atoms with Crippen LogP contribution < -0.4 is 10.2 Å². The van der Waals surface area contributed by atoms with Crippen molar-refractivity contribution < 1.29 is 13.6 Å². The minimum absolute atomic E-state index is 0.139. The molecule has 1 aromatic heterocycles. The SMILES string of the molecule is Cc1ccc(N2C3CCC2CN(C(=O)CCNC2(c4ccc(F)c(F)c4)CC2)C3)nn1. The van der Waals surface area contributed by atoms with Crippen LogP contribution >= 0.6 is 0 Å². The number of aryl methyl sites for hydroxylation is 1. The van der Waals surface area contributed by atoms with Crippen molar-refractivity contribution in [3.05, 3.63) is 53.2 Å². The molecule has 5 rings (SSSR count).